The van der Waals surface area contributed by atoms with Gasteiger partial charge in [0, 0.05) is 17.5 Å². The van der Waals surface area contributed by atoms with Crippen molar-refractivity contribution >= 4 is 5.91 Å². The van der Waals surface area contributed by atoms with E-state index in [1.54, 1.807) is 14.0 Å². The highest BCUT2D eigenvalue weighted by Crippen LogP contribution is 2.46. The van der Waals surface area contributed by atoms with Crippen molar-refractivity contribution in [2.75, 3.05) is 13.7 Å². The van der Waals surface area contributed by atoms with Crippen molar-refractivity contribution in [3.63, 3.8) is 0 Å². The molecule has 0 spiro atoms. The molecule has 1 atom stereocenters. The van der Waals surface area contributed by atoms with Crippen LogP contribution in [0.5, 0.6) is 5.75 Å². The van der Waals surface area contributed by atoms with Crippen LogP contribution >= 0.6 is 0 Å². The highest BCUT2D eigenvalue weighted by atomic mass is 16.5. The highest BCUT2D eigenvalue weighted by Gasteiger charge is 2.40. The number of amides is 1. The maximum absolute atomic E-state index is 11.6. The SMILES string of the molecule is COc1ccccc1C1(CNC(=O)C(C)N)CCC1. The Kier molecular flexibility index (Phi) is 4.10. The van der Waals surface area contributed by atoms with Gasteiger partial charge in [0.25, 0.3) is 0 Å². The number of nitrogens with one attached hydrogen (secondary N) is 1. The Bertz CT molecular complexity index is 453. The molecule has 0 aromatic heterocycles. The first-order chi connectivity index (χ1) is 9.09. The van der Waals surface area contributed by atoms with Crippen molar-refractivity contribution in [3.05, 3.63) is 29.8 Å². The van der Waals surface area contributed by atoms with E-state index in [1.807, 2.05) is 18.2 Å². The molecule has 0 radical (unpaired) electrons. The summed E-state index contributed by atoms with van der Waals surface area (Å²) in [6.45, 7) is 2.33. The Morgan fingerprint density at radius 1 is 1.47 bits per heavy atom. The number of para-hydroxylation sites is 1. The number of nitrogens with two attached hydrogens (primary N) is 1. The van der Waals surface area contributed by atoms with Gasteiger partial charge in [-0.25, -0.2) is 0 Å². The molecule has 1 aromatic carbocycles. The van der Waals surface area contributed by atoms with E-state index in [4.69, 9.17) is 10.5 Å². The van der Waals surface area contributed by atoms with E-state index in [9.17, 15) is 4.79 Å². The summed E-state index contributed by atoms with van der Waals surface area (Å²) in [5, 5.41) is 2.96. The molecule has 0 bridgehead atoms. The van der Waals surface area contributed by atoms with E-state index < -0.39 is 6.04 Å². The van der Waals surface area contributed by atoms with Crippen molar-refractivity contribution in [1.29, 1.82) is 0 Å². The van der Waals surface area contributed by atoms with Crippen molar-refractivity contribution in [2.24, 2.45) is 5.73 Å². The van der Waals surface area contributed by atoms with Gasteiger partial charge in [-0.05, 0) is 25.8 Å². The maximum atomic E-state index is 11.6. The first-order valence-electron chi connectivity index (χ1n) is 6.76. The van der Waals surface area contributed by atoms with Crippen LogP contribution in [0.2, 0.25) is 0 Å². The van der Waals surface area contributed by atoms with Gasteiger partial charge in [0.05, 0.1) is 13.2 Å². The molecule has 1 aromatic rings. The number of carbonyl (C=O) groups excluding carboxylic acids is 1. The van der Waals surface area contributed by atoms with E-state index in [-0.39, 0.29) is 11.3 Å². The Hall–Kier alpha value is -1.55. The van der Waals surface area contributed by atoms with E-state index in [2.05, 4.69) is 11.4 Å². The molecule has 1 aliphatic carbocycles. The van der Waals surface area contributed by atoms with Gasteiger partial charge in [-0.3, -0.25) is 4.79 Å². The molecular weight excluding hydrogens is 240 g/mol. The van der Waals surface area contributed by atoms with Crippen LogP contribution in [0.4, 0.5) is 0 Å². The van der Waals surface area contributed by atoms with Gasteiger partial charge in [-0.15, -0.1) is 0 Å². The second-order valence-corrected chi connectivity index (χ2v) is 5.34. The summed E-state index contributed by atoms with van der Waals surface area (Å²) < 4.78 is 5.44. The zero-order valence-electron chi connectivity index (χ0n) is 11.6. The Labute approximate surface area is 114 Å². The van der Waals surface area contributed by atoms with Crippen LogP contribution in [0.25, 0.3) is 0 Å². The van der Waals surface area contributed by atoms with Crippen molar-refractivity contribution in [2.45, 2.75) is 37.6 Å². The number of ether oxygens (including phenoxy) is 1. The van der Waals surface area contributed by atoms with Gasteiger partial charge in [-0.1, -0.05) is 24.6 Å². The molecule has 0 saturated heterocycles. The number of benzene rings is 1. The van der Waals surface area contributed by atoms with Crippen molar-refractivity contribution < 1.29 is 9.53 Å². The molecule has 1 aliphatic rings. The maximum Gasteiger partial charge on any atom is 0.236 e. The zero-order valence-corrected chi connectivity index (χ0v) is 11.6. The van der Waals surface area contributed by atoms with Crippen LogP contribution in [0, 0.1) is 0 Å². The van der Waals surface area contributed by atoms with E-state index in [0.29, 0.717) is 6.54 Å². The third kappa shape index (κ3) is 2.73. The second kappa shape index (κ2) is 5.61. The lowest BCUT2D eigenvalue weighted by atomic mass is 9.64. The molecule has 3 N–H and O–H groups in total. The van der Waals surface area contributed by atoms with Crippen LogP contribution in [-0.2, 0) is 10.2 Å². The summed E-state index contributed by atoms with van der Waals surface area (Å²) in [4.78, 5) is 11.6. The normalized spacial score (nSPS) is 18.3. The molecule has 1 fully saturated rings. The van der Waals surface area contributed by atoms with Crippen molar-refractivity contribution in [3.8, 4) is 5.75 Å². The Morgan fingerprint density at radius 3 is 2.68 bits per heavy atom. The van der Waals surface area contributed by atoms with Crippen molar-refractivity contribution in [1.82, 2.24) is 5.32 Å². The minimum Gasteiger partial charge on any atom is -0.496 e. The minimum absolute atomic E-state index is 0.0111. The summed E-state index contributed by atoms with van der Waals surface area (Å²) in [6.07, 6.45) is 3.34. The molecule has 19 heavy (non-hydrogen) atoms. The molecule has 4 nitrogen and oxygen atoms in total. The first kappa shape index (κ1) is 13.9. The van der Waals surface area contributed by atoms with Crippen LogP contribution in [-0.4, -0.2) is 25.6 Å². The second-order valence-electron chi connectivity index (χ2n) is 5.34. The van der Waals surface area contributed by atoms with Gasteiger partial charge in [0.1, 0.15) is 5.75 Å². The van der Waals surface area contributed by atoms with Crippen LogP contribution in [0.3, 0.4) is 0 Å². The molecule has 1 unspecified atom stereocenters. The zero-order chi connectivity index (χ0) is 13.9. The average Bonchev–Trinajstić information content (AvgIpc) is 2.37. The fourth-order valence-corrected chi connectivity index (χ4v) is 2.64. The number of rotatable bonds is 5. The van der Waals surface area contributed by atoms with Gasteiger partial charge >= 0.3 is 0 Å². The highest BCUT2D eigenvalue weighted by molar-refractivity contribution is 5.81. The summed E-state index contributed by atoms with van der Waals surface area (Å²) in [5.41, 5.74) is 6.78. The fraction of sp³-hybridized carbons (Fsp3) is 0.533. The monoisotopic (exact) mass is 262 g/mol. The molecule has 4 heteroatoms. The van der Waals surface area contributed by atoms with Gasteiger partial charge in [0.2, 0.25) is 5.91 Å². The predicted molar refractivity (Wildman–Crippen MR) is 75.2 cm³/mol. The molecule has 104 valence electrons. The molecule has 0 aliphatic heterocycles. The quantitative estimate of drug-likeness (QED) is 0.846. The van der Waals surface area contributed by atoms with Crippen LogP contribution in [0.1, 0.15) is 31.7 Å². The molecule has 1 saturated carbocycles. The van der Waals surface area contributed by atoms with Gasteiger partial charge in [0.15, 0.2) is 0 Å². The number of methoxy groups -OCH3 is 1. The lowest BCUT2D eigenvalue weighted by Gasteiger charge is -2.43. The summed E-state index contributed by atoms with van der Waals surface area (Å²) in [5.74, 6) is 0.804. The largest absolute Gasteiger partial charge is 0.496 e. The van der Waals surface area contributed by atoms with Crippen LogP contribution < -0.4 is 15.8 Å². The molecular formula is C15H22N2O2. The third-order valence-electron chi connectivity index (χ3n) is 4.00. The third-order valence-corrected chi connectivity index (χ3v) is 4.00. The van der Waals surface area contributed by atoms with Gasteiger partial charge in [-0.2, -0.15) is 0 Å². The van der Waals surface area contributed by atoms with Gasteiger partial charge < -0.3 is 15.8 Å². The molecule has 0 heterocycles. The number of carbonyl (C=O) groups is 1. The summed E-state index contributed by atoms with van der Waals surface area (Å²) in [7, 11) is 1.69. The Balaban J connectivity index is 2.16. The molecule has 1 amide bonds. The summed E-state index contributed by atoms with van der Waals surface area (Å²) in [6, 6.07) is 7.59. The van der Waals surface area contributed by atoms with E-state index in [0.717, 1.165) is 18.6 Å². The number of hydrogen-bond acceptors (Lipinski definition) is 3. The average molecular weight is 262 g/mol. The van der Waals surface area contributed by atoms with E-state index in [1.165, 1.54) is 12.0 Å². The lowest BCUT2D eigenvalue weighted by molar-refractivity contribution is -0.122. The topological polar surface area (TPSA) is 64.3 Å². The standard InChI is InChI=1S/C15H22N2O2/c1-11(16)14(18)17-10-15(8-5-9-15)12-6-3-4-7-13(12)19-2/h3-4,6-7,11H,5,8-10,16H2,1-2H3,(H,17,18). The predicted octanol–water partition coefficient (Wildman–Crippen LogP) is 1.58. The smallest absolute Gasteiger partial charge is 0.236 e. The van der Waals surface area contributed by atoms with E-state index >= 15 is 0 Å². The lowest BCUT2D eigenvalue weighted by Crippen LogP contribution is -2.49. The molecule has 2 rings (SSSR count). The minimum atomic E-state index is -0.463. The number of hydrogen-bond donors (Lipinski definition) is 2. The fourth-order valence-electron chi connectivity index (χ4n) is 2.64. The summed E-state index contributed by atoms with van der Waals surface area (Å²) >= 11 is 0. The Morgan fingerprint density at radius 2 is 2.16 bits per heavy atom. The first-order valence-corrected chi connectivity index (χ1v) is 6.76. The van der Waals surface area contributed by atoms with Crippen LogP contribution in [0.15, 0.2) is 24.3 Å².